The summed E-state index contributed by atoms with van der Waals surface area (Å²) < 4.78 is 0. The standard InChI is InChI=1S/C15H15N3O2/c1-2-13(8-12(9-16)10-17)15(11-18(19)20)14-6-4-3-5-7-14/h3-8,13,15H,2,11H2,1H3/t13-,15+/m1/s1. The molecule has 0 aromatic heterocycles. The molecule has 0 saturated carbocycles. The molecular weight excluding hydrogens is 254 g/mol. The summed E-state index contributed by atoms with van der Waals surface area (Å²) in [4.78, 5) is 10.5. The van der Waals surface area contributed by atoms with Gasteiger partial charge >= 0.3 is 0 Å². The molecule has 102 valence electrons. The van der Waals surface area contributed by atoms with Crippen LogP contribution in [0.5, 0.6) is 0 Å². The molecule has 2 atom stereocenters. The smallest absolute Gasteiger partial charge is 0.211 e. The van der Waals surface area contributed by atoms with Crippen molar-refractivity contribution in [3.05, 3.63) is 57.7 Å². The van der Waals surface area contributed by atoms with Crippen LogP contribution in [0, 0.1) is 38.7 Å². The topological polar surface area (TPSA) is 90.7 Å². The van der Waals surface area contributed by atoms with Crippen molar-refractivity contribution in [3.63, 3.8) is 0 Å². The predicted molar refractivity (Wildman–Crippen MR) is 74.1 cm³/mol. The Bertz CT molecular complexity index is 551. The van der Waals surface area contributed by atoms with E-state index in [4.69, 9.17) is 10.5 Å². The normalized spacial score (nSPS) is 12.6. The van der Waals surface area contributed by atoms with Crippen LogP contribution in [0.25, 0.3) is 0 Å². The maximum Gasteiger partial charge on any atom is 0.211 e. The van der Waals surface area contributed by atoms with E-state index in [1.54, 1.807) is 18.2 Å². The summed E-state index contributed by atoms with van der Waals surface area (Å²) in [6.45, 7) is 1.67. The van der Waals surface area contributed by atoms with Gasteiger partial charge in [0.2, 0.25) is 6.54 Å². The van der Waals surface area contributed by atoms with E-state index in [0.717, 1.165) is 5.56 Å². The largest absolute Gasteiger partial charge is 0.265 e. The molecule has 0 unspecified atom stereocenters. The Labute approximate surface area is 117 Å². The highest BCUT2D eigenvalue weighted by Gasteiger charge is 2.25. The zero-order valence-corrected chi connectivity index (χ0v) is 11.2. The van der Waals surface area contributed by atoms with E-state index in [1.165, 1.54) is 0 Å². The lowest BCUT2D eigenvalue weighted by molar-refractivity contribution is -0.484. The average Bonchev–Trinajstić information content (AvgIpc) is 2.47. The summed E-state index contributed by atoms with van der Waals surface area (Å²) in [6.07, 6.45) is 2.17. The minimum absolute atomic E-state index is 0.00105. The average molecular weight is 269 g/mol. The van der Waals surface area contributed by atoms with E-state index in [2.05, 4.69) is 0 Å². The van der Waals surface area contributed by atoms with Gasteiger partial charge in [-0.3, -0.25) is 10.1 Å². The first-order valence-electron chi connectivity index (χ1n) is 6.31. The van der Waals surface area contributed by atoms with Crippen molar-refractivity contribution in [1.29, 1.82) is 10.5 Å². The predicted octanol–water partition coefficient (Wildman–Crippen LogP) is 3.05. The first kappa shape index (κ1) is 15.4. The van der Waals surface area contributed by atoms with Crippen LogP contribution in [0.4, 0.5) is 0 Å². The molecule has 0 N–H and O–H groups in total. The van der Waals surface area contributed by atoms with E-state index in [9.17, 15) is 10.1 Å². The lowest BCUT2D eigenvalue weighted by atomic mass is 9.83. The monoisotopic (exact) mass is 269 g/mol. The highest BCUT2D eigenvalue weighted by atomic mass is 16.6. The fourth-order valence-electron chi connectivity index (χ4n) is 2.18. The van der Waals surface area contributed by atoms with Gasteiger partial charge in [0.25, 0.3) is 0 Å². The number of nitrogens with zero attached hydrogens (tertiary/aromatic N) is 3. The summed E-state index contributed by atoms with van der Waals surface area (Å²) in [5, 5.41) is 28.5. The summed E-state index contributed by atoms with van der Waals surface area (Å²) >= 11 is 0. The van der Waals surface area contributed by atoms with Crippen molar-refractivity contribution in [3.8, 4) is 12.1 Å². The minimum atomic E-state index is -0.355. The van der Waals surface area contributed by atoms with Crippen molar-refractivity contribution < 1.29 is 4.92 Å². The van der Waals surface area contributed by atoms with Crippen molar-refractivity contribution in [2.24, 2.45) is 5.92 Å². The van der Waals surface area contributed by atoms with Crippen LogP contribution in [0.3, 0.4) is 0 Å². The fraction of sp³-hybridized carbons (Fsp3) is 0.333. The molecule has 1 aromatic carbocycles. The zero-order chi connectivity index (χ0) is 15.0. The van der Waals surface area contributed by atoms with Crippen molar-refractivity contribution >= 4 is 0 Å². The molecule has 0 bridgehead atoms. The van der Waals surface area contributed by atoms with E-state index in [1.807, 2.05) is 37.3 Å². The summed E-state index contributed by atoms with van der Waals surface area (Å²) in [6, 6.07) is 12.8. The van der Waals surface area contributed by atoms with Gasteiger partial charge in [-0.1, -0.05) is 43.3 Å². The minimum Gasteiger partial charge on any atom is -0.265 e. The van der Waals surface area contributed by atoms with E-state index < -0.39 is 0 Å². The number of nitro groups is 1. The van der Waals surface area contributed by atoms with Crippen LogP contribution < -0.4 is 0 Å². The Morgan fingerprint density at radius 3 is 2.40 bits per heavy atom. The third kappa shape index (κ3) is 4.22. The summed E-state index contributed by atoms with van der Waals surface area (Å²) in [5.74, 6) is -0.551. The summed E-state index contributed by atoms with van der Waals surface area (Å²) in [5.41, 5.74) is 0.851. The van der Waals surface area contributed by atoms with Gasteiger partial charge in [0, 0.05) is 4.92 Å². The molecular formula is C15H15N3O2. The quantitative estimate of drug-likeness (QED) is 0.451. The Balaban J connectivity index is 3.15. The fourth-order valence-corrected chi connectivity index (χ4v) is 2.18. The highest BCUT2D eigenvalue weighted by Crippen LogP contribution is 2.29. The van der Waals surface area contributed by atoms with Crippen molar-refractivity contribution in [2.45, 2.75) is 19.3 Å². The van der Waals surface area contributed by atoms with Crippen LogP contribution in [0.1, 0.15) is 24.8 Å². The third-order valence-electron chi connectivity index (χ3n) is 3.18. The molecule has 20 heavy (non-hydrogen) atoms. The summed E-state index contributed by atoms with van der Waals surface area (Å²) in [7, 11) is 0. The Morgan fingerprint density at radius 1 is 1.35 bits per heavy atom. The number of rotatable bonds is 6. The first-order valence-corrected chi connectivity index (χ1v) is 6.31. The van der Waals surface area contributed by atoms with E-state index in [-0.39, 0.29) is 28.9 Å². The van der Waals surface area contributed by atoms with E-state index >= 15 is 0 Å². The number of nitriles is 2. The maximum absolute atomic E-state index is 10.9. The van der Waals surface area contributed by atoms with Gasteiger partial charge in [0.15, 0.2) is 0 Å². The number of benzene rings is 1. The number of hydrogen-bond acceptors (Lipinski definition) is 4. The third-order valence-corrected chi connectivity index (χ3v) is 3.18. The van der Waals surface area contributed by atoms with Crippen molar-refractivity contribution in [2.75, 3.05) is 6.54 Å². The lowest BCUT2D eigenvalue weighted by Crippen LogP contribution is -2.20. The van der Waals surface area contributed by atoms with Gasteiger partial charge in [0.1, 0.15) is 17.7 Å². The van der Waals surface area contributed by atoms with Crippen molar-refractivity contribution in [1.82, 2.24) is 0 Å². The SMILES string of the molecule is CC[C@H](C=C(C#N)C#N)[C@H](C[N+](=O)[O-])c1ccccc1. The van der Waals surface area contributed by atoms with Crippen LogP contribution in [0.15, 0.2) is 42.0 Å². The molecule has 0 saturated heterocycles. The second-order valence-electron chi connectivity index (χ2n) is 4.41. The molecule has 0 aliphatic carbocycles. The number of hydrogen-bond donors (Lipinski definition) is 0. The highest BCUT2D eigenvalue weighted by molar-refractivity contribution is 5.36. The molecule has 5 nitrogen and oxygen atoms in total. The van der Waals surface area contributed by atoms with Gasteiger partial charge in [-0.05, 0) is 17.9 Å². The zero-order valence-electron chi connectivity index (χ0n) is 11.2. The molecule has 0 spiro atoms. The van der Waals surface area contributed by atoms with Crippen LogP contribution in [-0.4, -0.2) is 11.5 Å². The first-order chi connectivity index (χ1) is 9.62. The lowest BCUT2D eigenvalue weighted by Gasteiger charge is -2.20. The van der Waals surface area contributed by atoms with Gasteiger partial charge < -0.3 is 0 Å². The maximum atomic E-state index is 10.9. The second kappa shape index (κ2) is 7.70. The molecule has 0 amide bonds. The van der Waals surface area contributed by atoms with Crippen LogP contribution in [0.2, 0.25) is 0 Å². The molecule has 0 heterocycles. The molecule has 1 aromatic rings. The molecule has 0 radical (unpaired) electrons. The molecule has 5 heteroatoms. The van der Waals surface area contributed by atoms with Crippen LogP contribution in [-0.2, 0) is 0 Å². The van der Waals surface area contributed by atoms with E-state index in [0.29, 0.717) is 6.42 Å². The Morgan fingerprint density at radius 2 is 1.95 bits per heavy atom. The van der Waals surface area contributed by atoms with Crippen LogP contribution >= 0.6 is 0 Å². The van der Waals surface area contributed by atoms with Gasteiger partial charge in [0.05, 0.1) is 5.92 Å². The molecule has 0 fully saturated rings. The molecule has 0 aliphatic rings. The molecule has 1 rings (SSSR count). The number of allylic oxidation sites excluding steroid dienone is 2. The van der Waals surface area contributed by atoms with Gasteiger partial charge in [-0.2, -0.15) is 10.5 Å². The van der Waals surface area contributed by atoms with Gasteiger partial charge in [-0.25, -0.2) is 0 Å². The van der Waals surface area contributed by atoms with Gasteiger partial charge in [-0.15, -0.1) is 0 Å². The second-order valence-corrected chi connectivity index (χ2v) is 4.41. The Kier molecular flexibility index (Phi) is 5.93. The Hall–Kier alpha value is -2.66. The molecule has 0 aliphatic heterocycles.